The molecule has 4 aromatic rings. The molecule has 0 saturated carbocycles. The van der Waals surface area contributed by atoms with Crippen molar-refractivity contribution in [3.8, 4) is 16.9 Å². The summed E-state index contributed by atoms with van der Waals surface area (Å²) >= 11 is 6.34. The van der Waals surface area contributed by atoms with Gasteiger partial charge in [0.05, 0.1) is 17.4 Å². The lowest BCUT2D eigenvalue weighted by Gasteiger charge is -2.13. The van der Waals surface area contributed by atoms with Crippen molar-refractivity contribution >= 4 is 45.6 Å². The van der Waals surface area contributed by atoms with Crippen molar-refractivity contribution in [1.82, 2.24) is 9.55 Å². The minimum absolute atomic E-state index is 0.113. The first-order chi connectivity index (χ1) is 14.7. The Kier molecular flexibility index (Phi) is 5.68. The summed E-state index contributed by atoms with van der Waals surface area (Å²) in [6.45, 7) is 4.15. The minimum Gasteiger partial charge on any atom is -0.420 e. The molecule has 0 fully saturated rings. The second kappa shape index (κ2) is 8.28. The Morgan fingerprint density at radius 1 is 1.23 bits per heavy atom. The third-order valence-corrected chi connectivity index (χ3v) is 5.43. The van der Waals surface area contributed by atoms with Gasteiger partial charge in [-0.25, -0.2) is 4.98 Å². The Balaban J connectivity index is 1.66. The highest BCUT2D eigenvalue weighted by molar-refractivity contribution is 7.08. The van der Waals surface area contributed by atoms with E-state index in [1.165, 1.54) is 24.3 Å². The lowest BCUT2D eigenvalue weighted by Crippen LogP contribution is -2.16. The number of hydrogen-bond acceptors (Lipinski definition) is 4. The van der Waals surface area contributed by atoms with Gasteiger partial charge in [-0.2, -0.15) is 11.3 Å². The van der Waals surface area contributed by atoms with Crippen molar-refractivity contribution in [2.45, 2.75) is 25.5 Å². The standard InChI is InChI=1S/C22H18ClF2N3O2S/c1-13(2)28-12-26-19-10-15(9-18(20(19)28)14-7-8-31-11-14)21(29)27-16-3-5-17(6-4-16)30-22(23,24)25/h3-13H,1-2H3,(H,27,29). The van der Waals surface area contributed by atoms with Gasteiger partial charge in [-0.05, 0) is 72.6 Å². The van der Waals surface area contributed by atoms with E-state index < -0.39 is 5.57 Å². The zero-order chi connectivity index (χ0) is 22.2. The van der Waals surface area contributed by atoms with Crippen molar-refractivity contribution in [3.63, 3.8) is 0 Å². The van der Waals surface area contributed by atoms with Crippen molar-refractivity contribution in [3.05, 3.63) is 65.1 Å². The molecule has 2 heterocycles. The average Bonchev–Trinajstić information content (AvgIpc) is 3.37. The van der Waals surface area contributed by atoms with Crippen LogP contribution >= 0.6 is 22.9 Å². The van der Waals surface area contributed by atoms with Crippen LogP contribution in [0.1, 0.15) is 30.2 Å². The van der Waals surface area contributed by atoms with Crippen molar-refractivity contribution in [1.29, 1.82) is 0 Å². The van der Waals surface area contributed by atoms with Crippen LogP contribution in [0, 0.1) is 0 Å². The Bertz CT molecular complexity index is 1220. The van der Waals surface area contributed by atoms with Crippen LogP contribution in [0.25, 0.3) is 22.2 Å². The number of anilines is 1. The number of carbonyl (C=O) groups is 1. The fourth-order valence-electron chi connectivity index (χ4n) is 3.27. The van der Waals surface area contributed by atoms with Crippen molar-refractivity contribution in [2.75, 3.05) is 5.32 Å². The summed E-state index contributed by atoms with van der Waals surface area (Å²) < 4.78 is 31.8. The van der Waals surface area contributed by atoms with Crippen LogP contribution in [0.2, 0.25) is 0 Å². The number of aromatic nitrogens is 2. The number of ether oxygens (including phenoxy) is 1. The van der Waals surface area contributed by atoms with E-state index in [-0.39, 0.29) is 17.7 Å². The van der Waals surface area contributed by atoms with Gasteiger partial charge < -0.3 is 14.6 Å². The van der Waals surface area contributed by atoms with Crippen LogP contribution < -0.4 is 10.1 Å². The monoisotopic (exact) mass is 461 g/mol. The first kappa shape index (κ1) is 21.3. The molecule has 0 spiro atoms. The molecule has 0 aliphatic carbocycles. The number of alkyl halides is 3. The summed E-state index contributed by atoms with van der Waals surface area (Å²) in [4.78, 5) is 17.4. The number of imidazole rings is 1. The van der Waals surface area contributed by atoms with E-state index in [0.717, 1.165) is 22.2 Å². The molecule has 0 atom stereocenters. The second-order valence-electron chi connectivity index (χ2n) is 7.18. The van der Waals surface area contributed by atoms with Gasteiger partial charge in [0, 0.05) is 34.5 Å². The highest BCUT2D eigenvalue weighted by atomic mass is 35.5. The van der Waals surface area contributed by atoms with Crippen LogP contribution in [0.5, 0.6) is 5.75 Å². The van der Waals surface area contributed by atoms with Crippen LogP contribution in [-0.2, 0) is 0 Å². The van der Waals surface area contributed by atoms with E-state index >= 15 is 0 Å². The van der Waals surface area contributed by atoms with E-state index in [9.17, 15) is 13.6 Å². The molecule has 2 aromatic carbocycles. The van der Waals surface area contributed by atoms with E-state index in [1.54, 1.807) is 23.7 Å². The van der Waals surface area contributed by atoms with Gasteiger partial charge in [0.1, 0.15) is 5.75 Å². The number of nitrogens with zero attached hydrogens (tertiary/aromatic N) is 2. The Morgan fingerprint density at radius 3 is 2.58 bits per heavy atom. The summed E-state index contributed by atoms with van der Waals surface area (Å²) in [6, 6.07) is 11.3. The van der Waals surface area contributed by atoms with E-state index in [2.05, 4.69) is 33.5 Å². The second-order valence-corrected chi connectivity index (χ2v) is 8.40. The fourth-order valence-corrected chi connectivity index (χ4v) is 4.02. The van der Waals surface area contributed by atoms with Crippen LogP contribution in [0.4, 0.5) is 14.5 Å². The first-order valence-corrected chi connectivity index (χ1v) is 10.7. The topological polar surface area (TPSA) is 56.2 Å². The number of benzene rings is 2. The van der Waals surface area contributed by atoms with Crippen LogP contribution in [0.3, 0.4) is 0 Å². The van der Waals surface area contributed by atoms with Gasteiger partial charge in [-0.3, -0.25) is 4.79 Å². The van der Waals surface area contributed by atoms with E-state index in [4.69, 9.17) is 11.6 Å². The number of carbonyl (C=O) groups excluding carboxylic acids is 1. The number of halogens is 3. The molecule has 4 rings (SSSR count). The number of fused-ring (bicyclic) bond motifs is 1. The molecule has 31 heavy (non-hydrogen) atoms. The minimum atomic E-state index is -3.79. The summed E-state index contributed by atoms with van der Waals surface area (Å²) in [7, 11) is 0. The largest absolute Gasteiger partial charge is 0.487 e. The fraction of sp³-hybridized carbons (Fsp3) is 0.182. The molecule has 9 heteroatoms. The number of thiophene rings is 1. The molecule has 160 valence electrons. The van der Waals surface area contributed by atoms with E-state index in [0.29, 0.717) is 11.3 Å². The maximum Gasteiger partial charge on any atom is 0.487 e. The highest BCUT2D eigenvalue weighted by Gasteiger charge is 2.27. The van der Waals surface area contributed by atoms with Gasteiger partial charge >= 0.3 is 5.57 Å². The SMILES string of the molecule is CC(C)n1cnc2cc(C(=O)Nc3ccc(OC(F)(F)Cl)cc3)cc(-c3ccsc3)c21. The Hall–Kier alpha value is -2.97. The maximum absolute atomic E-state index is 12.9. The lowest BCUT2D eigenvalue weighted by atomic mass is 10.0. The Morgan fingerprint density at radius 2 is 1.97 bits per heavy atom. The van der Waals surface area contributed by atoms with Gasteiger partial charge in [0.15, 0.2) is 0 Å². The molecule has 0 saturated heterocycles. The number of hydrogen-bond donors (Lipinski definition) is 1. The quantitative estimate of drug-likeness (QED) is 0.322. The zero-order valence-corrected chi connectivity index (χ0v) is 18.2. The summed E-state index contributed by atoms with van der Waals surface area (Å²) in [5, 5.41) is 6.78. The Labute approximate surface area is 186 Å². The molecule has 0 radical (unpaired) electrons. The van der Waals surface area contributed by atoms with E-state index in [1.807, 2.05) is 22.9 Å². The first-order valence-electron chi connectivity index (χ1n) is 9.41. The normalized spacial score (nSPS) is 11.8. The maximum atomic E-state index is 12.9. The van der Waals surface area contributed by atoms with Crippen LogP contribution in [0.15, 0.2) is 59.6 Å². The molecule has 1 N–H and O–H groups in total. The molecule has 5 nitrogen and oxygen atoms in total. The van der Waals surface area contributed by atoms with Crippen LogP contribution in [-0.4, -0.2) is 21.0 Å². The molecule has 0 unspecified atom stereocenters. The number of rotatable bonds is 6. The molecule has 0 aliphatic rings. The predicted octanol–water partition coefficient (Wildman–Crippen LogP) is 6.77. The molecule has 2 aromatic heterocycles. The molecule has 0 bridgehead atoms. The molecular weight excluding hydrogens is 444 g/mol. The zero-order valence-electron chi connectivity index (χ0n) is 16.6. The smallest absolute Gasteiger partial charge is 0.420 e. The van der Waals surface area contributed by atoms with Crippen molar-refractivity contribution < 1.29 is 18.3 Å². The van der Waals surface area contributed by atoms with Gasteiger partial charge in [0.25, 0.3) is 5.91 Å². The summed E-state index contributed by atoms with van der Waals surface area (Å²) in [6.07, 6.45) is 1.78. The number of amides is 1. The van der Waals surface area contributed by atoms with Gasteiger partial charge in [-0.15, -0.1) is 8.78 Å². The third kappa shape index (κ3) is 4.70. The average molecular weight is 462 g/mol. The summed E-state index contributed by atoms with van der Waals surface area (Å²) in [5.74, 6) is -0.452. The highest BCUT2D eigenvalue weighted by Crippen LogP contribution is 2.33. The van der Waals surface area contributed by atoms with Gasteiger partial charge in [0.2, 0.25) is 0 Å². The molecular formula is C22H18ClF2N3O2S. The number of nitrogens with one attached hydrogen (secondary N) is 1. The van der Waals surface area contributed by atoms with Gasteiger partial charge in [-0.1, -0.05) is 0 Å². The predicted molar refractivity (Wildman–Crippen MR) is 119 cm³/mol. The molecule has 1 amide bonds. The third-order valence-electron chi connectivity index (χ3n) is 4.67. The lowest BCUT2D eigenvalue weighted by molar-refractivity contribution is -0.0964. The van der Waals surface area contributed by atoms with Crippen molar-refractivity contribution in [2.24, 2.45) is 0 Å². The summed E-state index contributed by atoms with van der Waals surface area (Å²) in [5.41, 5.74) is 0.691. The molecule has 0 aliphatic heterocycles.